The molecule has 0 radical (unpaired) electrons. The van der Waals surface area contributed by atoms with E-state index in [0.717, 1.165) is 26.2 Å². The van der Waals surface area contributed by atoms with Crippen LogP contribution in [0.15, 0.2) is 6.20 Å². The molecule has 4 nitrogen and oxygen atoms in total. The van der Waals surface area contributed by atoms with Gasteiger partial charge in [0.25, 0.3) is 0 Å². The van der Waals surface area contributed by atoms with E-state index >= 15 is 0 Å². The topological polar surface area (TPSA) is 39.1 Å². The fourth-order valence-electron chi connectivity index (χ4n) is 2.54. The lowest BCUT2D eigenvalue weighted by Gasteiger charge is -2.24. The van der Waals surface area contributed by atoms with Crippen LogP contribution in [0.2, 0.25) is 0 Å². The monoisotopic (exact) mass is 251 g/mol. The molecule has 2 rings (SSSR count). The van der Waals surface area contributed by atoms with Crippen molar-refractivity contribution in [2.24, 2.45) is 13.0 Å². The number of hydrogen-bond donors (Lipinski definition) is 1. The van der Waals surface area contributed by atoms with E-state index in [0.29, 0.717) is 12.0 Å². The smallest absolute Gasteiger partial charge is 0.0591 e. The summed E-state index contributed by atoms with van der Waals surface area (Å²) in [7, 11) is 2.03. The van der Waals surface area contributed by atoms with Gasteiger partial charge >= 0.3 is 0 Å². The van der Waals surface area contributed by atoms with Gasteiger partial charge in [-0.1, -0.05) is 13.8 Å². The summed E-state index contributed by atoms with van der Waals surface area (Å²) in [5.74, 6) is 0.615. The summed E-state index contributed by atoms with van der Waals surface area (Å²) in [6, 6.07) is 0.463. The lowest BCUT2D eigenvalue weighted by atomic mass is 9.93. The summed E-state index contributed by atoms with van der Waals surface area (Å²) in [5.41, 5.74) is 2.77. The van der Waals surface area contributed by atoms with Crippen LogP contribution in [0, 0.1) is 5.92 Å². The van der Waals surface area contributed by atoms with Crippen molar-refractivity contribution in [1.29, 1.82) is 0 Å². The third-order valence-corrected chi connectivity index (χ3v) is 3.46. The van der Waals surface area contributed by atoms with Crippen LogP contribution in [0.5, 0.6) is 0 Å². The van der Waals surface area contributed by atoms with Crippen molar-refractivity contribution in [1.82, 2.24) is 15.1 Å². The Morgan fingerprint density at radius 2 is 2.39 bits per heavy atom. The van der Waals surface area contributed by atoms with E-state index in [2.05, 4.69) is 24.3 Å². The van der Waals surface area contributed by atoms with Crippen molar-refractivity contribution in [2.75, 3.05) is 19.8 Å². The van der Waals surface area contributed by atoms with Crippen LogP contribution in [-0.2, 0) is 18.2 Å². The maximum absolute atomic E-state index is 5.60. The summed E-state index contributed by atoms with van der Waals surface area (Å²) in [6.07, 6.45) is 5.63. The average Bonchev–Trinajstić information content (AvgIpc) is 2.71. The van der Waals surface area contributed by atoms with Crippen molar-refractivity contribution in [2.45, 2.75) is 39.2 Å². The molecule has 1 N–H and O–H groups in total. The first-order valence-corrected chi connectivity index (χ1v) is 7.00. The predicted octanol–water partition coefficient (Wildman–Crippen LogP) is 2.06. The molecule has 1 unspecified atom stereocenters. The molecule has 0 saturated carbocycles. The molecular formula is C14H25N3O. The summed E-state index contributed by atoms with van der Waals surface area (Å²) >= 11 is 0. The first-order chi connectivity index (χ1) is 8.68. The van der Waals surface area contributed by atoms with Crippen LogP contribution < -0.4 is 5.32 Å². The number of aromatic nitrogens is 2. The highest BCUT2D eigenvalue weighted by molar-refractivity contribution is 5.24. The predicted molar refractivity (Wildman–Crippen MR) is 72.5 cm³/mol. The number of nitrogens with zero attached hydrogens (tertiary/aromatic N) is 2. The van der Waals surface area contributed by atoms with Gasteiger partial charge < -0.3 is 10.1 Å². The Hall–Kier alpha value is -0.870. The first-order valence-electron chi connectivity index (χ1n) is 7.00. The van der Waals surface area contributed by atoms with Gasteiger partial charge in [-0.25, -0.2) is 0 Å². The molecule has 0 aliphatic heterocycles. The summed E-state index contributed by atoms with van der Waals surface area (Å²) in [4.78, 5) is 0. The quantitative estimate of drug-likeness (QED) is 0.787. The van der Waals surface area contributed by atoms with E-state index in [1.54, 1.807) is 0 Å². The SMILES string of the molecule is CC(C)COCCNC1CCCc2c1cnn2C. The zero-order chi connectivity index (χ0) is 13.0. The van der Waals surface area contributed by atoms with Gasteiger partial charge in [-0.3, -0.25) is 4.68 Å². The Labute approximate surface area is 110 Å². The van der Waals surface area contributed by atoms with Crippen molar-refractivity contribution in [3.63, 3.8) is 0 Å². The maximum atomic E-state index is 5.60. The number of rotatable bonds is 6. The zero-order valence-electron chi connectivity index (χ0n) is 11.8. The van der Waals surface area contributed by atoms with E-state index in [9.17, 15) is 0 Å². The largest absolute Gasteiger partial charge is 0.380 e. The molecule has 18 heavy (non-hydrogen) atoms. The number of aryl methyl sites for hydroxylation is 1. The maximum Gasteiger partial charge on any atom is 0.0591 e. The second kappa shape index (κ2) is 6.34. The molecule has 0 bridgehead atoms. The fraction of sp³-hybridized carbons (Fsp3) is 0.786. The third kappa shape index (κ3) is 3.33. The van der Waals surface area contributed by atoms with E-state index in [1.807, 2.05) is 17.9 Å². The highest BCUT2D eigenvalue weighted by Gasteiger charge is 2.22. The molecule has 0 spiro atoms. The molecule has 0 fully saturated rings. The normalized spacial score (nSPS) is 19.2. The van der Waals surface area contributed by atoms with Gasteiger partial charge in [0.05, 0.1) is 12.8 Å². The molecule has 1 heterocycles. The van der Waals surface area contributed by atoms with Gasteiger partial charge in [0.1, 0.15) is 0 Å². The lowest BCUT2D eigenvalue weighted by molar-refractivity contribution is 0.109. The Morgan fingerprint density at radius 3 is 3.17 bits per heavy atom. The molecular weight excluding hydrogens is 226 g/mol. The molecule has 102 valence electrons. The minimum atomic E-state index is 0.463. The molecule has 1 aromatic heterocycles. The van der Waals surface area contributed by atoms with Crippen LogP contribution in [0.25, 0.3) is 0 Å². The van der Waals surface area contributed by atoms with Crippen molar-refractivity contribution >= 4 is 0 Å². The second-order valence-electron chi connectivity index (χ2n) is 5.54. The number of nitrogens with one attached hydrogen (secondary N) is 1. The molecule has 1 aliphatic rings. The first kappa shape index (κ1) is 13.6. The van der Waals surface area contributed by atoms with Gasteiger partial charge in [0.2, 0.25) is 0 Å². The molecule has 4 heteroatoms. The standard InChI is InChI=1S/C14H25N3O/c1-11(2)10-18-8-7-15-13-5-4-6-14-12(13)9-16-17(14)3/h9,11,13,15H,4-8,10H2,1-3H3. The summed E-state index contributed by atoms with van der Waals surface area (Å²) in [6.45, 7) is 6.92. The van der Waals surface area contributed by atoms with Gasteiger partial charge in [0, 0.05) is 37.5 Å². The van der Waals surface area contributed by atoms with Crippen LogP contribution in [0.4, 0.5) is 0 Å². The lowest BCUT2D eigenvalue weighted by Crippen LogP contribution is -2.28. The van der Waals surface area contributed by atoms with Crippen LogP contribution in [0.1, 0.15) is 44.0 Å². The Morgan fingerprint density at radius 1 is 1.56 bits per heavy atom. The summed E-state index contributed by atoms with van der Waals surface area (Å²) < 4.78 is 7.61. The van der Waals surface area contributed by atoms with Crippen molar-refractivity contribution < 1.29 is 4.74 Å². The Bertz CT molecular complexity index is 373. The van der Waals surface area contributed by atoms with Crippen LogP contribution in [-0.4, -0.2) is 29.5 Å². The molecule has 0 aromatic carbocycles. The zero-order valence-corrected chi connectivity index (χ0v) is 11.8. The molecule has 1 aliphatic carbocycles. The van der Waals surface area contributed by atoms with E-state index in [4.69, 9.17) is 4.74 Å². The fourth-order valence-corrected chi connectivity index (χ4v) is 2.54. The molecule has 0 saturated heterocycles. The van der Waals surface area contributed by atoms with E-state index in [-0.39, 0.29) is 0 Å². The minimum Gasteiger partial charge on any atom is -0.380 e. The summed E-state index contributed by atoms with van der Waals surface area (Å²) in [5, 5.41) is 7.95. The van der Waals surface area contributed by atoms with Gasteiger partial charge in [0.15, 0.2) is 0 Å². The number of hydrogen-bond acceptors (Lipinski definition) is 3. The van der Waals surface area contributed by atoms with Crippen molar-refractivity contribution in [3.05, 3.63) is 17.5 Å². The van der Waals surface area contributed by atoms with Crippen molar-refractivity contribution in [3.8, 4) is 0 Å². The highest BCUT2D eigenvalue weighted by Crippen LogP contribution is 2.28. The Kier molecular flexibility index (Phi) is 4.78. The van der Waals surface area contributed by atoms with E-state index in [1.165, 1.54) is 24.1 Å². The highest BCUT2D eigenvalue weighted by atomic mass is 16.5. The van der Waals surface area contributed by atoms with Gasteiger partial charge in [-0.05, 0) is 25.2 Å². The number of fused-ring (bicyclic) bond motifs is 1. The Balaban J connectivity index is 1.77. The van der Waals surface area contributed by atoms with E-state index < -0.39 is 0 Å². The third-order valence-electron chi connectivity index (χ3n) is 3.46. The van der Waals surface area contributed by atoms with Crippen LogP contribution in [0.3, 0.4) is 0 Å². The minimum absolute atomic E-state index is 0.463. The molecule has 0 amide bonds. The van der Waals surface area contributed by atoms with Gasteiger partial charge in [-0.2, -0.15) is 5.10 Å². The second-order valence-corrected chi connectivity index (χ2v) is 5.54. The molecule has 1 atom stereocenters. The number of ether oxygens (including phenoxy) is 1. The average molecular weight is 251 g/mol. The van der Waals surface area contributed by atoms with Gasteiger partial charge in [-0.15, -0.1) is 0 Å². The van der Waals surface area contributed by atoms with Crippen LogP contribution >= 0.6 is 0 Å². The molecule has 1 aromatic rings.